The number of likely N-dealkylation sites (N-methyl/N-ethyl adjacent to an activating group) is 1. The Hall–Kier alpha value is -2.86. The molecule has 2 amide bonds. The minimum atomic E-state index is -0.121. The van der Waals surface area contributed by atoms with Crippen molar-refractivity contribution in [2.24, 2.45) is 0 Å². The highest BCUT2D eigenvalue weighted by molar-refractivity contribution is 5.93. The first-order chi connectivity index (χ1) is 12.9. The number of carbonyl (C=O) groups excluding carboxylic acids is 2. The Morgan fingerprint density at radius 2 is 1.44 bits per heavy atom. The van der Waals surface area contributed by atoms with E-state index in [0.717, 1.165) is 18.8 Å². The molecule has 6 nitrogen and oxygen atoms in total. The van der Waals surface area contributed by atoms with Crippen LogP contribution in [0.3, 0.4) is 0 Å². The summed E-state index contributed by atoms with van der Waals surface area (Å²) in [5.41, 5.74) is 3.74. The Kier molecular flexibility index (Phi) is 7.37. The zero-order valence-corrected chi connectivity index (χ0v) is 16.5. The number of hydrogen-bond donors (Lipinski definition) is 2. The molecule has 0 aromatic heterocycles. The summed E-state index contributed by atoms with van der Waals surface area (Å²) < 4.78 is 0. The Morgan fingerprint density at radius 3 is 1.93 bits per heavy atom. The first kappa shape index (κ1) is 20.5. The average Bonchev–Trinajstić information content (AvgIpc) is 2.62. The van der Waals surface area contributed by atoms with Crippen molar-refractivity contribution in [1.29, 1.82) is 0 Å². The lowest BCUT2D eigenvalue weighted by molar-refractivity contribution is -0.117. The zero-order chi connectivity index (χ0) is 19.8. The quantitative estimate of drug-likeness (QED) is 0.751. The van der Waals surface area contributed by atoms with Crippen molar-refractivity contribution in [3.8, 4) is 0 Å². The number of amides is 2. The van der Waals surface area contributed by atoms with Gasteiger partial charge in [0.15, 0.2) is 0 Å². The molecule has 0 aliphatic heterocycles. The van der Waals surface area contributed by atoms with Gasteiger partial charge in [-0.1, -0.05) is 19.1 Å². The van der Waals surface area contributed by atoms with E-state index in [4.69, 9.17) is 0 Å². The molecule has 2 rings (SSSR count). The van der Waals surface area contributed by atoms with E-state index in [1.54, 1.807) is 24.3 Å². The molecule has 0 radical (unpaired) electrons. The van der Waals surface area contributed by atoms with Crippen molar-refractivity contribution in [3.05, 3.63) is 54.1 Å². The van der Waals surface area contributed by atoms with Crippen LogP contribution in [0.1, 0.15) is 19.4 Å². The molecule has 0 aliphatic carbocycles. The van der Waals surface area contributed by atoms with Gasteiger partial charge in [-0.25, -0.2) is 0 Å². The van der Waals surface area contributed by atoms with Gasteiger partial charge in [0.25, 0.3) is 0 Å². The van der Waals surface area contributed by atoms with Crippen LogP contribution in [-0.2, 0) is 16.1 Å². The van der Waals surface area contributed by atoms with Gasteiger partial charge in [0, 0.05) is 44.6 Å². The molecule has 2 aromatic carbocycles. The number of hydrogen-bond acceptors (Lipinski definition) is 4. The molecule has 6 heteroatoms. The number of nitrogens with one attached hydrogen (secondary N) is 2. The van der Waals surface area contributed by atoms with Gasteiger partial charge in [-0.2, -0.15) is 0 Å². The van der Waals surface area contributed by atoms with Gasteiger partial charge in [0.1, 0.15) is 0 Å². The maximum Gasteiger partial charge on any atom is 0.238 e. The maximum atomic E-state index is 12.3. The maximum absolute atomic E-state index is 12.3. The highest BCUT2D eigenvalue weighted by Gasteiger charge is 2.10. The molecule has 0 fully saturated rings. The number of rotatable bonds is 8. The number of benzene rings is 2. The number of carbonyl (C=O) groups is 2. The van der Waals surface area contributed by atoms with Crippen molar-refractivity contribution in [2.75, 3.05) is 42.7 Å². The summed E-state index contributed by atoms with van der Waals surface area (Å²) >= 11 is 0. The van der Waals surface area contributed by atoms with Crippen LogP contribution in [0.25, 0.3) is 0 Å². The second-order valence-corrected chi connectivity index (χ2v) is 6.67. The summed E-state index contributed by atoms with van der Waals surface area (Å²) in [5.74, 6) is -0.182. The molecule has 0 heterocycles. The average molecular weight is 368 g/mol. The molecule has 0 atom stereocenters. The predicted octanol–water partition coefficient (Wildman–Crippen LogP) is 3.17. The van der Waals surface area contributed by atoms with Gasteiger partial charge in [0.2, 0.25) is 11.8 Å². The van der Waals surface area contributed by atoms with Crippen LogP contribution in [0, 0.1) is 0 Å². The largest absolute Gasteiger partial charge is 0.378 e. The second-order valence-electron chi connectivity index (χ2n) is 6.67. The van der Waals surface area contributed by atoms with Gasteiger partial charge in [-0.3, -0.25) is 14.5 Å². The second kappa shape index (κ2) is 9.73. The smallest absolute Gasteiger partial charge is 0.238 e. The van der Waals surface area contributed by atoms with Crippen molar-refractivity contribution in [1.82, 2.24) is 4.90 Å². The fourth-order valence-corrected chi connectivity index (χ4v) is 2.68. The molecule has 2 aromatic rings. The van der Waals surface area contributed by atoms with E-state index in [2.05, 4.69) is 44.7 Å². The van der Waals surface area contributed by atoms with Crippen LogP contribution < -0.4 is 15.5 Å². The molecule has 2 N–H and O–H groups in total. The van der Waals surface area contributed by atoms with Crippen LogP contribution in [0.5, 0.6) is 0 Å². The highest BCUT2D eigenvalue weighted by Crippen LogP contribution is 2.15. The fraction of sp³-hybridized carbons (Fsp3) is 0.333. The Morgan fingerprint density at radius 1 is 0.889 bits per heavy atom. The van der Waals surface area contributed by atoms with E-state index >= 15 is 0 Å². The first-order valence-electron chi connectivity index (χ1n) is 9.03. The topological polar surface area (TPSA) is 64.7 Å². The molecule has 0 saturated heterocycles. The third kappa shape index (κ3) is 6.75. The molecular formula is C21H28N4O2. The normalized spacial score (nSPS) is 10.6. The molecule has 27 heavy (non-hydrogen) atoms. The summed E-state index contributed by atoms with van der Waals surface area (Å²) in [6.07, 6.45) is 0. The van der Waals surface area contributed by atoms with Gasteiger partial charge in [0.05, 0.1) is 6.54 Å². The molecule has 144 valence electrons. The van der Waals surface area contributed by atoms with E-state index in [-0.39, 0.29) is 11.8 Å². The van der Waals surface area contributed by atoms with E-state index in [1.807, 2.05) is 21.0 Å². The minimum Gasteiger partial charge on any atom is -0.378 e. The summed E-state index contributed by atoms with van der Waals surface area (Å²) in [6, 6.07) is 15.4. The summed E-state index contributed by atoms with van der Waals surface area (Å²) in [7, 11) is 4.03. The van der Waals surface area contributed by atoms with Crippen LogP contribution in [0.15, 0.2) is 48.5 Å². The number of nitrogens with zero attached hydrogens (tertiary/aromatic N) is 2. The zero-order valence-electron chi connectivity index (χ0n) is 16.5. The van der Waals surface area contributed by atoms with Crippen molar-refractivity contribution in [3.63, 3.8) is 0 Å². The Bertz CT molecular complexity index is 755. The van der Waals surface area contributed by atoms with Gasteiger partial charge >= 0.3 is 0 Å². The third-order valence-corrected chi connectivity index (χ3v) is 4.16. The van der Waals surface area contributed by atoms with Crippen molar-refractivity contribution >= 4 is 28.9 Å². The molecule has 0 aliphatic rings. The Balaban J connectivity index is 1.89. The molecule has 0 bridgehead atoms. The molecule has 0 spiro atoms. The van der Waals surface area contributed by atoms with Gasteiger partial charge in [-0.05, 0) is 48.5 Å². The lowest BCUT2D eigenvalue weighted by atomic mass is 10.2. The number of anilines is 3. The predicted molar refractivity (Wildman–Crippen MR) is 111 cm³/mol. The molecule has 0 unspecified atom stereocenters. The molecular weight excluding hydrogens is 340 g/mol. The van der Waals surface area contributed by atoms with E-state index in [1.165, 1.54) is 12.5 Å². The SMILES string of the molecule is CCN(CC(=O)Nc1ccc(NC(C)=O)cc1)Cc1ccc(N(C)C)cc1. The van der Waals surface area contributed by atoms with Gasteiger partial charge < -0.3 is 15.5 Å². The van der Waals surface area contributed by atoms with E-state index in [0.29, 0.717) is 17.9 Å². The van der Waals surface area contributed by atoms with Crippen LogP contribution >= 0.6 is 0 Å². The Labute approximate surface area is 161 Å². The van der Waals surface area contributed by atoms with Crippen molar-refractivity contribution in [2.45, 2.75) is 20.4 Å². The lowest BCUT2D eigenvalue weighted by Crippen LogP contribution is -2.32. The van der Waals surface area contributed by atoms with Crippen LogP contribution in [0.2, 0.25) is 0 Å². The highest BCUT2D eigenvalue weighted by atomic mass is 16.2. The third-order valence-electron chi connectivity index (χ3n) is 4.16. The lowest BCUT2D eigenvalue weighted by Gasteiger charge is -2.20. The van der Waals surface area contributed by atoms with Crippen molar-refractivity contribution < 1.29 is 9.59 Å². The van der Waals surface area contributed by atoms with Crippen LogP contribution in [-0.4, -0.2) is 43.9 Å². The summed E-state index contributed by atoms with van der Waals surface area (Å²) in [4.78, 5) is 27.5. The summed E-state index contributed by atoms with van der Waals surface area (Å²) in [6.45, 7) is 5.33. The monoisotopic (exact) mass is 368 g/mol. The molecule has 0 saturated carbocycles. The standard InChI is InChI=1S/C21H28N4O2/c1-5-25(14-17-6-12-20(13-7-17)24(3)4)15-21(27)23-19-10-8-18(9-11-19)22-16(2)26/h6-13H,5,14-15H2,1-4H3,(H,22,26)(H,23,27). The van der Waals surface area contributed by atoms with E-state index in [9.17, 15) is 9.59 Å². The van der Waals surface area contributed by atoms with Gasteiger partial charge in [-0.15, -0.1) is 0 Å². The fourth-order valence-electron chi connectivity index (χ4n) is 2.68. The van der Waals surface area contributed by atoms with E-state index < -0.39 is 0 Å². The van der Waals surface area contributed by atoms with Crippen LogP contribution in [0.4, 0.5) is 17.1 Å². The summed E-state index contributed by atoms with van der Waals surface area (Å²) in [5, 5.41) is 5.60. The minimum absolute atomic E-state index is 0.0611. The first-order valence-corrected chi connectivity index (χ1v) is 9.03.